The molecule has 42 heavy (non-hydrogen) atoms. The van der Waals surface area contributed by atoms with Crippen LogP contribution in [0.2, 0.25) is 0 Å². The molecule has 1 aromatic carbocycles. The highest BCUT2D eigenvalue weighted by Gasteiger charge is 2.42. The minimum absolute atomic E-state index is 0.0507. The molecular formula is C33H55N3O6. The first kappa shape index (κ1) is 35.7. The number of ether oxygens (including phenoxy) is 2. The summed E-state index contributed by atoms with van der Waals surface area (Å²) in [5, 5.41) is 13.7. The molecule has 1 aliphatic heterocycles. The van der Waals surface area contributed by atoms with Gasteiger partial charge in [0, 0.05) is 34.2 Å². The fraction of sp³-hybridized carbons (Fsp3) is 0.727. The number of hydrogen-bond donors (Lipinski definition) is 2. The van der Waals surface area contributed by atoms with Crippen LogP contribution in [0.1, 0.15) is 85.3 Å². The van der Waals surface area contributed by atoms with Crippen molar-refractivity contribution in [3.05, 3.63) is 35.9 Å². The minimum atomic E-state index is -0.845. The largest absolute Gasteiger partial charge is 0.386 e. The van der Waals surface area contributed by atoms with Crippen LogP contribution in [-0.4, -0.2) is 90.8 Å². The van der Waals surface area contributed by atoms with Crippen molar-refractivity contribution in [3.8, 4) is 0 Å². The van der Waals surface area contributed by atoms with Gasteiger partial charge in [-0.3, -0.25) is 14.4 Å². The van der Waals surface area contributed by atoms with Crippen molar-refractivity contribution in [3.63, 3.8) is 0 Å². The molecular weight excluding hydrogens is 534 g/mol. The summed E-state index contributed by atoms with van der Waals surface area (Å²) in [6, 6.07) is 8.22. The van der Waals surface area contributed by atoms with E-state index in [1.807, 2.05) is 56.1 Å². The number of rotatable bonds is 16. The maximum atomic E-state index is 13.8. The number of hydrogen-bond acceptors (Lipinski definition) is 6. The highest BCUT2D eigenvalue weighted by atomic mass is 16.5. The first-order valence-corrected chi connectivity index (χ1v) is 15.5. The average molecular weight is 590 g/mol. The Labute approximate surface area is 253 Å². The number of methoxy groups -OCH3 is 2. The fourth-order valence-corrected chi connectivity index (χ4v) is 6.19. The Morgan fingerprint density at radius 2 is 1.69 bits per heavy atom. The zero-order chi connectivity index (χ0) is 31.6. The van der Waals surface area contributed by atoms with Crippen LogP contribution in [0.25, 0.3) is 0 Å². The van der Waals surface area contributed by atoms with Gasteiger partial charge in [0.25, 0.3) is 0 Å². The molecule has 9 heteroatoms. The molecule has 0 aromatic heterocycles. The third-order valence-electron chi connectivity index (χ3n) is 8.87. The molecule has 2 rings (SSSR count). The first-order valence-electron chi connectivity index (χ1n) is 15.5. The molecule has 1 aliphatic rings. The Kier molecular flexibility index (Phi) is 14.4. The number of nitrogens with one attached hydrogen (secondary N) is 1. The van der Waals surface area contributed by atoms with E-state index in [1.165, 1.54) is 0 Å². The van der Waals surface area contributed by atoms with E-state index in [0.717, 1.165) is 24.8 Å². The smallest absolute Gasteiger partial charge is 0.225 e. The Morgan fingerprint density at radius 1 is 1.05 bits per heavy atom. The molecule has 1 aromatic rings. The summed E-state index contributed by atoms with van der Waals surface area (Å²) < 4.78 is 11.8. The van der Waals surface area contributed by atoms with E-state index in [4.69, 9.17) is 9.47 Å². The minimum Gasteiger partial charge on any atom is -0.386 e. The number of carbonyl (C=O) groups excluding carboxylic acids is 3. The van der Waals surface area contributed by atoms with Crippen LogP contribution in [0, 0.1) is 17.8 Å². The molecule has 2 N–H and O–H groups in total. The molecule has 2 unspecified atom stereocenters. The lowest BCUT2D eigenvalue weighted by molar-refractivity contribution is -0.146. The van der Waals surface area contributed by atoms with E-state index in [2.05, 4.69) is 19.2 Å². The molecule has 0 saturated carbocycles. The molecule has 0 bridgehead atoms. The first-order chi connectivity index (χ1) is 19.9. The van der Waals surface area contributed by atoms with Gasteiger partial charge in [-0.05, 0) is 37.2 Å². The molecule has 9 nitrogen and oxygen atoms in total. The molecule has 3 amide bonds. The molecule has 1 fully saturated rings. The van der Waals surface area contributed by atoms with Gasteiger partial charge in [-0.2, -0.15) is 0 Å². The molecule has 0 spiro atoms. The second-order valence-corrected chi connectivity index (χ2v) is 12.4. The standard InChI is InChI=1S/C33H55N3O6/c1-10-22(4)30(35(7)28(37)19-21(2)3)27(41-8)20-29(38)36-18-14-17-26(36)32(42-9)23(5)33(40)34-24(6)31(39)25-15-12-11-13-16-25/h11-13,15-16,21-24,26-27,30-32,39H,10,14,17-20H2,1-9H3,(H,34,40)/t22-,23+,24?,26-,27+,30?,31+,32+/m0/s1. The number of benzene rings is 1. The van der Waals surface area contributed by atoms with Crippen molar-refractivity contribution >= 4 is 17.7 Å². The Morgan fingerprint density at radius 3 is 2.24 bits per heavy atom. The SMILES string of the molecule is CC[C@H](C)C([C@@H](CC(=O)N1CCC[C@H]1[C@H](OC)[C@@H](C)C(=O)NC(C)[C@@H](O)c1ccccc1)OC)N(C)C(=O)CC(C)C. The number of likely N-dealkylation sites (tertiary alicyclic amines) is 1. The topological polar surface area (TPSA) is 108 Å². The van der Waals surface area contributed by atoms with E-state index >= 15 is 0 Å². The lowest BCUT2D eigenvalue weighted by Crippen LogP contribution is -2.53. The lowest BCUT2D eigenvalue weighted by Gasteiger charge is -2.39. The zero-order valence-electron chi connectivity index (χ0n) is 27.2. The average Bonchev–Trinajstić information content (AvgIpc) is 3.46. The Bertz CT molecular complexity index is 989. The summed E-state index contributed by atoms with van der Waals surface area (Å²) in [7, 11) is 4.99. The summed E-state index contributed by atoms with van der Waals surface area (Å²) in [6.45, 7) is 12.4. The molecule has 238 valence electrons. The molecule has 1 saturated heterocycles. The van der Waals surface area contributed by atoms with Crippen LogP contribution in [0.4, 0.5) is 0 Å². The van der Waals surface area contributed by atoms with Gasteiger partial charge in [-0.25, -0.2) is 0 Å². The van der Waals surface area contributed by atoms with E-state index in [1.54, 1.807) is 33.0 Å². The van der Waals surface area contributed by atoms with Crippen molar-refractivity contribution in [2.45, 2.75) is 110 Å². The molecule has 1 heterocycles. The van der Waals surface area contributed by atoms with E-state index < -0.39 is 30.3 Å². The third kappa shape index (κ3) is 9.25. The maximum Gasteiger partial charge on any atom is 0.225 e. The molecule has 8 atom stereocenters. The summed E-state index contributed by atoms with van der Waals surface area (Å²) in [6.07, 6.45) is 1.15. The van der Waals surface area contributed by atoms with Crippen molar-refractivity contribution in [2.75, 3.05) is 27.8 Å². The van der Waals surface area contributed by atoms with Gasteiger partial charge in [0.05, 0.1) is 48.8 Å². The molecule has 0 radical (unpaired) electrons. The van der Waals surface area contributed by atoms with Gasteiger partial charge in [0.15, 0.2) is 0 Å². The van der Waals surface area contributed by atoms with Crippen LogP contribution in [-0.2, 0) is 23.9 Å². The second-order valence-electron chi connectivity index (χ2n) is 12.4. The predicted octanol–water partition coefficient (Wildman–Crippen LogP) is 4.19. The summed E-state index contributed by atoms with van der Waals surface area (Å²) in [5.41, 5.74) is 0.730. The van der Waals surface area contributed by atoms with Gasteiger partial charge in [0.2, 0.25) is 17.7 Å². The van der Waals surface area contributed by atoms with Gasteiger partial charge in [-0.15, -0.1) is 0 Å². The Balaban J connectivity index is 2.15. The van der Waals surface area contributed by atoms with Crippen LogP contribution in [0.3, 0.4) is 0 Å². The van der Waals surface area contributed by atoms with E-state index in [0.29, 0.717) is 13.0 Å². The summed E-state index contributed by atoms with van der Waals surface area (Å²) in [4.78, 5) is 43.7. The second kappa shape index (κ2) is 17.0. The van der Waals surface area contributed by atoms with E-state index in [-0.39, 0.29) is 48.1 Å². The zero-order valence-corrected chi connectivity index (χ0v) is 27.2. The van der Waals surface area contributed by atoms with Crippen LogP contribution in [0.5, 0.6) is 0 Å². The lowest BCUT2D eigenvalue weighted by atomic mass is 9.90. The van der Waals surface area contributed by atoms with E-state index in [9.17, 15) is 19.5 Å². The quantitative estimate of drug-likeness (QED) is 0.299. The fourth-order valence-electron chi connectivity index (χ4n) is 6.19. The number of aliphatic hydroxyl groups excluding tert-OH is 1. The highest BCUT2D eigenvalue weighted by molar-refractivity contribution is 5.81. The number of aliphatic hydroxyl groups is 1. The van der Waals surface area contributed by atoms with Crippen LogP contribution < -0.4 is 5.32 Å². The van der Waals surface area contributed by atoms with Crippen LogP contribution >= 0.6 is 0 Å². The van der Waals surface area contributed by atoms with Gasteiger partial charge in [-0.1, -0.05) is 71.4 Å². The normalized spacial score (nSPS) is 20.4. The number of amides is 3. The van der Waals surface area contributed by atoms with Gasteiger partial charge >= 0.3 is 0 Å². The van der Waals surface area contributed by atoms with Gasteiger partial charge < -0.3 is 29.7 Å². The summed E-state index contributed by atoms with van der Waals surface area (Å²) >= 11 is 0. The van der Waals surface area contributed by atoms with Crippen molar-refractivity contribution in [1.29, 1.82) is 0 Å². The molecule has 0 aliphatic carbocycles. The van der Waals surface area contributed by atoms with Crippen molar-refractivity contribution < 1.29 is 29.0 Å². The third-order valence-corrected chi connectivity index (χ3v) is 8.87. The van der Waals surface area contributed by atoms with Crippen molar-refractivity contribution in [2.24, 2.45) is 17.8 Å². The number of carbonyl (C=O) groups is 3. The van der Waals surface area contributed by atoms with Gasteiger partial charge in [0.1, 0.15) is 0 Å². The van der Waals surface area contributed by atoms with Crippen LogP contribution in [0.15, 0.2) is 30.3 Å². The highest BCUT2D eigenvalue weighted by Crippen LogP contribution is 2.30. The number of likely N-dealkylation sites (N-methyl/N-ethyl adjacent to an activating group) is 1. The Hall–Kier alpha value is -2.49. The maximum absolute atomic E-state index is 13.8. The van der Waals surface area contributed by atoms with Crippen molar-refractivity contribution in [1.82, 2.24) is 15.1 Å². The summed E-state index contributed by atoms with van der Waals surface area (Å²) in [5.74, 6) is -0.424. The predicted molar refractivity (Wildman–Crippen MR) is 165 cm³/mol. The monoisotopic (exact) mass is 589 g/mol. The number of nitrogens with zero attached hydrogens (tertiary/aromatic N) is 2.